The van der Waals surface area contributed by atoms with Gasteiger partial charge in [0.05, 0.1) is 29.1 Å². The smallest absolute Gasteiger partial charge is 0.406 e. The zero-order valence-corrected chi connectivity index (χ0v) is 25.9. The summed E-state index contributed by atoms with van der Waals surface area (Å²) >= 11 is 3.01. The van der Waals surface area contributed by atoms with Gasteiger partial charge in [-0.3, -0.25) is 9.10 Å². The summed E-state index contributed by atoms with van der Waals surface area (Å²) in [6.45, 7) is 0.284. The van der Waals surface area contributed by atoms with E-state index in [1.165, 1.54) is 41.9 Å². The summed E-state index contributed by atoms with van der Waals surface area (Å²) in [6, 6.07) is 30.0. The van der Waals surface area contributed by atoms with Crippen LogP contribution in [-0.4, -0.2) is 48.6 Å². The van der Waals surface area contributed by atoms with Crippen LogP contribution in [0.2, 0.25) is 0 Å². The monoisotopic (exact) mass is 641 g/mol. The van der Waals surface area contributed by atoms with E-state index in [1.807, 2.05) is 85.3 Å². The molecule has 0 aliphatic rings. The molecule has 232 valence electrons. The van der Waals surface area contributed by atoms with Crippen LogP contribution in [0.25, 0.3) is 0 Å². The first-order valence-electron chi connectivity index (χ1n) is 13.8. The first-order chi connectivity index (χ1) is 21.2. The largest absolute Gasteiger partial charge is 0.573 e. The van der Waals surface area contributed by atoms with E-state index in [4.69, 9.17) is 0 Å². The van der Waals surface area contributed by atoms with Crippen LogP contribution >= 0.6 is 23.7 Å². The number of anilines is 2. The minimum absolute atomic E-state index is 0.0891. The molecule has 6 nitrogen and oxygen atoms in total. The molecule has 0 saturated carbocycles. The van der Waals surface area contributed by atoms with E-state index in [2.05, 4.69) is 19.7 Å². The van der Waals surface area contributed by atoms with Crippen molar-refractivity contribution in [1.82, 2.24) is 10.6 Å². The lowest BCUT2D eigenvalue weighted by atomic mass is 10.00. The molecule has 1 amide bonds. The quantitative estimate of drug-likeness (QED) is 0.0993. The van der Waals surface area contributed by atoms with Gasteiger partial charge in [0.2, 0.25) is 0 Å². The highest BCUT2D eigenvalue weighted by Crippen LogP contribution is 2.39. The normalized spacial score (nSPS) is 12.8. The van der Waals surface area contributed by atoms with Crippen molar-refractivity contribution in [2.45, 2.75) is 36.4 Å². The molecule has 2 atom stereocenters. The van der Waals surface area contributed by atoms with Gasteiger partial charge in [-0.15, -0.1) is 24.9 Å². The number of hydrogen-bond donors (Lipinski definition) is 3. The molecule has 3 N–H and O–H groups in total. The Morgan fingerprint density at radius 1 is 0.909 bits per heavy atom. The average Bonchev–Trinajstić information content (AvgIpc) is 3.01. The van der Waals surface area contributed by atoms with Gasteiger partial charge in [-0.25, -0.2) is 0 Å². The Morgan fingerprint density at radius 3 is 2.23 bits per heavy atom. The number of nitrogens with zero attached hydrogens (tertiary/aromatic N) is 1. The predicted molar refractivity (Wildman–Crippen MR) is 173 cm³/mol. The summed E-state index contributed by atoms with van der Waals surface area (Å²) in [5.74, 6) is -0.631. The maximum atomic E-state index is 13.8. The van der Waals surface area contributed by atoms with E-state index < -0.39 is 18.5 Å². The molecule has 0 radical (unpaired) electrons. The Balaban J connectivity index is 1.51. The molecule has 0 fully saturated rings. The Bertz CT molecular complexity index is 1490. The Hall–Kier alpha value is -3.64. The van der Waals surface area contributed by atoms with Crippen molar-refractivity contribution in [3.8, 4) is 5.75 Å². The molecule has 4 aromatic carbocycles. The SMILES string of the molecule is CSc1c(C(=O)N[C@@H](Cc2ccccc2)[C@H](O)CNCc2cccc(OC(F)(F)F)c2)cccc1N(SC)c1ccccc1. The van der Waals surface area contributed by atoms with Crippen LogP contribution in [0.4, 0.5) is 24.5 Å². The summed E-state index contributed by atoms with van der Waals surface area (Å²) < 4.78 is 43.9. The second kappa shape index (κ2) is 15.9. The van der Waals surface area contributed by atoms with Crippen LogP contribution < -0.4 is 19.7 Å². The Kier molecular flexibility index (Phi) is 12.0. The zero-order chi connectivity index (χ0) is 31.5. The van der Waals surface area contributed by atoms with Gasteiger partial charge in [0.1, 0.15) is 5.75 Å². The number of amides is 1. The van der Waals surface area contributed by atoms with Crippen molar-refractivity contribution in [3.63, 3.8) is 0 Å². The van der Waals surface area contributed by atoms with Gasteiger partial charge in [0.25, 0.3) is 5.91 Å². The minimum atomic E-state index is -4.78. The summed E-state index contributed by atoms with van der Waals surface area (Å²) in [5, 5.41) is 17.4. The topological polar surface area (TPSA) is 73.8 Å². The van der Waals surface area contributed by atoms with Gasteiger partial charge >= 0.3 is 6.36 Å². The summed E-state index contributed by atoms with van der Waals surface area (Å²) in [5.41, 5.74) is 3.84. The number of aliphatic hydroxyl groups is 1. The van der Waals surface area contributed by atoms with Crippen LogP contribution in [0.1, 0.15) is 21.5 Å². The lowest BCUT2D eigenvalue weighted by Gasteiger charge is -2.27. The molecule has 0 unspecified atom stereocenters. The lowest BCUT2D eigenvalue weighted by molar-refractivity contribution is -0.274. The van der Waals surface area contributed by atoms with E-state index >= 15 is 0 Å². The fourth-order valence-electron chi connectivity index (χ4n) is 4.74. The highest BCUT2D eigenvalue weighted by atomic mass is 32.2. The summed E-state index contributed by atoms with van der Waals surface area (Å²) in [4.78, 5) is 14.6. The molecular formula is C33H34F3N3O3S2. The van der Waals surface area contributed by atoms with Crippen LogP contribution in [0.15, 0.2) is 108 Å². The van der Waals surface area contributed by atoms with E-state index in [0.29, 0.717) is 17.5 Å². The minimum Gasteiger partial charge on any atom is -0.406 e. The maximum Gasteiger partial charge on any atom is 0.573 e. The number of rotatable bonds is 14. The van der Waals surface area contributed by atoms with Crippen molar-refractivity contribution in [2.75, 3.05) is 23.4 Å². The third kappa shape index (κ3) is 9.43. The number of para-hydroxylation sites is 1. The number of carbonyl (C=O) groups is 1. The molecule has 0 heterocycles. The van der Waals surface area contributed by atoms with Crippen LogP contribution in [0.3, 0.4) is 0 Å². The van der Waals surface area contributed by atoms with Gasteiger partial charge in [-0.2, -0.15) is 0 Å². The number of benzene rings is 4. The standard InChI is InChI=1S/C33H34F3N3O3S2/c1-43-31-27(17-10-18-29(31)39(44-2)25-14-7-4-8-15-25)32(41)38-28(20-23-11-5-3-6-12-23)30(40)22-37-21-24-13-9-16-26(19-24)42-33(34,35)36/h3-19,28,30,37,40H,20-22H2,1-2H3,(H,38,41)/t28-,30+/m0/s1. The number of carbonyl (C=O) groups excluding carboxylic acids is 1. The molecule has 0 saturated heterocycles. The third-order valence-corrected chi connectivity index (χ3v) is 8.34. The third-order valence-electron chi connectivity index (χ3n) is 6.73. The second-order valence-corrected chi connectivity index (χ2v) is 11.4. The average molecular weight is 642 g/mol. The fraction of sp³-hybridized carbons (Fsp3) is 0.242. The van der Waals surface area contributed by atoms with E-state index in [-0.39, 0.29) is 24.7 Å². The number of halogens is 3. The van der Waals surface area contributed by atoms with Gasteiger partial charge in [-0.05, 0) is 72.1 Å². The first-order valence-corrected chi connectivity index (χ1v) is 16.2. The molecule has 4 aromatic rings. The Labute approximate surface area is 264 Å². The molecule has 4 rings (SSSR count). The van der Waals surface area contributed by atoms with E-state index in [0.717, 1.165) is 21.8 Å². The highest BCUT2D eigenvalue weighted by molar-refractivity contribution is 8.00. The zero-order valence-electron chi connectivity index (χ0n) is 24.3. The molecule has 0 aromatic heterocycles. The van der Waals surface area contributed by atoms with Crippen molar-refractivity contribution >= 4 is 41.0 Å². The van der Waals surface area contributed by atoms with Gasteiger partial charge in [0.15, 0.2) is 0 Å². The summed E-state index contributed by atoms with van der Waals surface area (Å²) in [6.07, 6.45) is -1.51. The molecule has 0 bridgehead atoms. The lowest BCUT2D eigenvalue weighted by Crippen LogP contribution is -2.48. The van der Waals surface area contributed by atoms with E-state index in [9.17, 15) is 23.1 Å². The van der Waals surface area contributed by atoms with Crippen molar-refractivity contribution < 1.29 is 27.8 Å². The Morgan fingerprint density at radius 2 is 1.57 bits per heavy atom. The molecule has 44 heavy (non-hydrogen) atoms. The van der Waals surface area contributed by atoms with Crippen LogP contribution in [0, 0.1) is 0 Å². The summed E-state index contributed by atoms with van der Waals surface area (Å²) in [7, 11) is 0. The van der Waals surface area contributed by atoms with Crippen molar-refractivity contribution in [1.29, 1.82) is 0 Å². The van der Waals surface area contributed by atoms with Crippen molar-refractivity contribution in [2.24, 2.45) is 0 Å². The number of aliphatic hydroxyl groups excluding tert-OH is 1. The van der Waals surface area contributed by atoms with Crippen LogP contribution in [-0.2, 0) is 13.0 Å². The highest BCUT2D eigenvalue weighted by Gasteiger charge is 2.31. The van der Waals surface area contributed by atoms with Crippen LogP contribution in [0.5, 0.6) is 5.75 Å². The number of thioether (sulfide) groups is 1. The number of nitrogens with one attached hydrogen (secondary N) is 2. The molecule has 0 aliphatic heterocycles. The van der Waals surface area contributed by atoms with E-state index in [1.54, 1.807) is 12.1 Å². The first kappa shape index (κ1) is 33.3. The molecule has 0 spiro atoms. The second-order valence-electron chi connectivity index (χ2n) is 9.83. The maximum absolute atomic E-state index is 13.8. The van der Waals surface area contributed by atoms with Gasteiger partial charge in [-0.1, -0.05) is 66.7 Å². The number of hydrogen-bond acceptors (Lipinski definition) is 7. The van der Waals surface area contributed by atoms with Gasteiger partial charge in [0, 0.05) is 24.2 Å². The molecular weight excluding hydrogens is 608 g/mol. The van der Waals surface area contributed by atoms with Gasteiger partial charge < -0.3 is 20.5 Å². The molecule has 11 heteroatoms. The fourth-order valence-corrected chi connectivity index (χ4v) is 6.23. The number of ether oxygens (including phenoxy) is 1. The predicted octanol–water partition coefficient (Wildman–Crippen LogP) is 7.22. The number of alkyl halides is 3. The van der Waals surface area contributed by atoms with Crippen molar-refractivity contribution in [3.05, 3.63) is 120 Å². The molecule has 0 aliphatic carbocycles.